The molecule has 0 radical (unpaired) electrons. The number of carbonyl (C=O) groups excluding carboxylic acids is 1. The minimum Gasteiger partial charge on any atom is -0.354 e. The monoisotopic (exact) mass is 297 g/mol. The number of nitrogens with zero attached hydrogens (tertiary/aromatic N) is 1. The van der Waals surface area contributed by atoms with Crippen LogP contribution in [0.1, 0.15) is 47.5 Å². The lowest BCUT2D eigenvalue weighted by atomic mass is 9.96. The van der Waals surface area contributed by atoms with Crippen molar-refractivity contribution in [1.82, 2.24) is 15.5 Å². The van der Waals surface area contributed by atoms with Crippen LogP contribution in [0.5, 0.6) is 0 Å². The molecule has 0 bridgehead atoms. The van der Waals surface area contributed by atoms with Crippen LogP contribution in [-0.4, -0.2) is 49.6 Å². The van der Waals surface area contributed by atoms with Crippen molar-refractivity contribution in [2.24, 2.45) is 17.8 Å². The second kappa shape index (κ2) is 9.42. The second-order valence-electron chi connectivity index (χ2n) is 7.37. The Bertz CT molecular complexity index is 304. The number of hydrogen-bond donors (Lipinski definition) is 2. The Morgan fingerprint density at radius 3 is 2.43 bits per heavy atom. The standard InChI is InChI=1S/C17H35N3O/c1-13(2)9-18-11-16-7-6-8-20(12-16)15(5)17(21)19-10-14(3)4/h13-16,18H,6-12H2,1-5H3,(H,19,21). The fourth-order valence-electron chi connectivity index (χ4n) is 2.81. The summed E-state index contributed by atoms with van der Waals surface area (Å²) in [5.74, 6) is 2.07. The van der Waals surface area contributed by atoms with Gasteiger partial charge in [-0.2, -0.15) is 0 Å². The van der Waals surface area contributed by atoms with Gasteiger partial charge in [0, 0.05) is 13.1 Å². The summed E-state index contributed by atoms with van der Waals surface area (Å²) in [6.45, 7) is 15.8. The normalized spacial score (nSPS) is 21.8. The molecule has 2 atom stereocenters. The van der Waals surface area contributed by atoms with Gasteiger partial charge in [0.2, 0.25) is 5.91 Å². The summed E-state index contributed by atoms with van der Waals surface area (Å²) in [5, 5.41) is 6.61. The van der Waals surface area contributed by atoms with Crippen molar-refractivity contribution in [3.05, 3.63) is 0 Å². The minimum absolute atomic E-state index is 0.00310. The SMILES string of the molecule is CC(C)CNCC1CCCN(C(C)C(=O)NCC(C)C)C1. The molecule has 2 unspecified atom stereocenters. The van der Waals surface area contributed by atoms with Gasteiger partial charge in [-0.1, -0.05) is 27.7 Å². The smallest absolute Gasteiger partial charge is 0.237 e. The number of likely N-dealkylation sites (tertiary alicyclic amines) is 1. The predicted octanol–water partition coefficient (Wildman–Crippen LogP) is 2.10. The molecule has 2 N–H and O–H groups in total. The van der Waals surface area contributed by atoms with Crippen molar-refractivity contribution in [2.75, 3.05) is 32.7 Å². The number of nitrogens with one attached hydrogen (secondary N) is 2. The molecule has 1 heterocycles. The van der Waals surface area contributed by atoms with E-state index in [1.54, 1.807) is 0 Å². The van der Waals surface area contributed by atoms with Crippen molar-refractivity contribution in [3.63, 3.8) is 0 Å². The van der Waals surface area contributed by atoms with Crippen LogP contribution in [0.2, 0.25) is 0 Å². The van der Waals surface area contributed by atoms with E-state index >= 15 is 0 Å². The number of carbonyl (C=O) groups is 1. The maximum atomic E-state index is 12.2. The zero-order valence-corrected chi connectivity index (χ0v) is 14.6. The quantitative estimate of drug-likeness (QED) is 0.721. The highest BCUT2D eigenvalue weighted by molar-refractivity contribution is 5.81. The number of amides is 1. The van der Waals surface area contributed by atoms with E-state index in [1.165, 1.54) is 12.8 Å². The fraction of sp³-hybridized carbons (Fsp3) is 0.941. The average molecular weight is 297 g/mol. The van der Waals surface area contributed by atoms with Crippen LogP contribution in [0.3, 0.4) is 0 Å². The van der Waals surface area contributed by atoms with Gasteiger partial charge >= 0.3 is 0 Å². The average Bonchev–Trinajstić information content (AvgIpc) is 2.43. The number of hydrogen-bond acceptors (Lipinski definition) is 3. The van der Waals surface area contributed by atoms with Gasteiger partial charge in [-0.15, -0.1) is 0 Å². The molecule has 0 aliphatic carbocycles. The molecule has 21 heavy (non-hydrogen) atoms. The Balaban J connectivity index is 2.35. The third-order valence-corrected chi connectivity index (χ3v) is 4.15. The largest absolute Gasteiger partial charge is 0.354 e. The molecule has 0 saturated carbocycles. The Kier molecular flexibility index (Phi) is 8.27. The van der Waals surface area contributed by atoms with Gasteiger partial charge in [0.25, 0.3) is 0 Å². The highest BCUT2D eigenvalue weighted by Gasteiger charge is 2.27. The Morgan fingerprint density at radius 1 is 1.14 bits per heavy atom. The summed E-state index contributed by atoms with van der Waals surface area (Å²) in [6.07, 6.45) is 2.48. The molecule has 4 heteroatoms. The van der Waals surface area contributed by atoms with Gasteiger partial charge in [0.1, 0.15) is 0 Å². The van der Waals surface area contributed by atoms with E-state index in [4.69, 9.17) is 0 Å². The van der Waals surface area contributed by atoms with Gasteiger partial charge in [0.15, 0.2) is 0 Å². The van der Waals surface area contributed by atoms with E-state index in [0.717, 1.165) is 32.7 Å². The summed E-state index contributed by atoms with van der Waals surface area (Å²) in [7, 11) is 0. The van der Waals surface area contributed by atoms with Crippen molar-refractivity contribution in [3.8, 4) is 0 Å². The first kappa shape index (κ1) is 18.4. The molecule has 4 nitrogen and oxygen atoms in total. The Morgan fingerprint density at radius 2 is 1.81 bits per heavy atom. The van der Waals surface area contributed by atoms with Crippen LogP contribution in [0.4, 0.5) is 0 Å². The van der Waals surface area contributed by atoms with Crippen LogP contribution in [0.15, 0.2) is 0 Å². The van der Waals surface area contributed by atoms with Crippen LogP contribution in [0, 0.1) is 17.8 Å². The molecule has 1 amide bonds. The maximum absolute atomic E-state index is 12.2. The van der Waals surface area contributed by atoms with Gasteiger partial charge < -0.3 is 10.6 Å². The van der Waals surface area contributed by atoms with E-state index in [9.17, 15) is 4.79 Å². The molecular formula is C17H35N3O. The summed E-state index contributed by atoms with van der Waals surface area (Å²) in [5.41, 5.74) is 0. The first-order valence-corrected chi connectivity index (χ1v) is 8.62. The number of piperidine rings is 1. The molecule has 0 spiro atoms. The lowest BCUT2D eigenvalue weighted by Gasteiger charge is -2.36. The third-order valence-electron chi connectivity index (χ3n) is 4.15. The lowest BCUT2D eigenvalue weighted by Crippen LogP contribution is -2.50. The van der Waals surface area contributed by atoms with Crippen molar-refractivity contribution >= 4 is 5.91 Å². The van der Waals surface area contributed by atoms with E-state index in [-0.39, 0.29) is 11.9 Å². The molecule has 1 saturated heterocycles. The molecule has 0 aromatic heterocycles. The maximum Gasteiger partial charge on any atom is 0.237 e. The van der Waals surface area contributed by atoms with E-state index in [1.807, 2.05) is 6.92 Å². The third kappa shape index (κ3) is 7.28. The zero-order valence-electron chi connectivity index (χ0n) is 14.6. The minimum atomic E-state index is -0.00310. The first-order chi connectivity index (χ1) is 9.90. The molecule has 0 aromatic carbocycles. The molecule has 0 aromatic rings. The summed E-state index contributed by atoms with van der Waals surface area (Å²) in [6, 6.07) is -0.00310. The summed E-state index contributed by atoms with van der Waals surface area (Å²) >= 11 is 0. The van der Waals surface area contributed by atoms with Crippen molar-refractivity contribution in [1.29, 1.82) is 0 Å². The van der Waals surface area contributed by atoms with E-state index in [0.29, 0.717) is 17.8 Å². The van der Waals surface area contributed by atoms with Crippen molar-refractivity contribution in [2.45, 2.75) is 53.5 Å². The fourth-order valence-corrected chi connectivity index (χ4v) is 2.81. The first-order valence-electron chi connectivity index (χ1n) is 8.62. The van der Waals surface area contributed by atoms with E-state index in [2.05, 4.69) is 43.2 Å². The van der Waals surface area contributed by atoms with Crippen LogP contribution >= 0.6 is 0 Å². The molecule has 124 valence electrons. The molecule has 1 aliphatic heterocycles. The topological polar surface area (TPSA) is 44.4 Å². The van der Waals surface area contributed by atoms with Gasteiger partial charge in [-0.05, 0) is 57.2 Å². The summed E-state index contributed by atoms with van der Waals surface area (Å²) < 4.78 is 0. The van der Waals surface area contributed by atoms with Crippen LogP contribution in [0.25, 0.3) is 0 Å². The molecular weight excluding hydrogens is 262 g/mol. The van der Waals surface area contributed by atoms with Gasteiger partial charge in [-0.3, -0.25) is 9.69 Å². The molecule has 1 rings (SSSR count). The predicted molar refractivity (Wildman–Crippen MR) is 89.3 cm³/mol. The van der Waals surface area contributed by atoms with Crippen molar-refractivity contribution < 1.29 is 4.79 Å². The number of rotatable bonds is 8. The molecule has 1 fully saturated rings. The van der Waals surface area contributed by atoms with E-state index < -0.39 is 0 Å². The van der Waals surface area contributed by atoms with Crippen LogP contribution < -0.4 is 10.6 Å². The Hall–Kier alpha value is -0.610. The highest BCUT2D eigenvalue weighted by atomic mass is 16.2. The van der Waals surface area contributed by atoms with Crippen LogP contribution in [-0.2, 0) is 4.79 Å². The second-order valence-corrected chi connectivity index (χ2v) is 7.37. The van der Waals surface area contributed by atoms with Gasteiger partial charge in [0.05, 0.1) is 6.04 Å². The summed E-state index contributed by atoms with van der Waals surface area (Å²) in [4.78, 5) is 14.5. The zero-order chi connectivity index (χ0) is 15.8. The van der Waals surface area contributed by atoms with Gasteiger partial charge in [-0.25, -0.2) is 0 Å². The highest BCUT2D eigenvalue weighted by Crippen LogP contribution is 2.18. The lowest BCUT2D eigenvalue weighted by molar-refractivity contribution is -0.126. The molecule has 1 aliphatic rings. The Labute approximate surface area is 131 Å².